The summed E-state index contributed by atoms with van der Waals surface area (Å²) in [7, 11) is 0. The number of amides is 1. The number of carbonyl (C=O) groups excluding carboxylic acids is 1. The van der Waals surface area contributed by atoms with Crippen LogP contribution in [0.4, 0.5) is 10.1 Å². The fourth-order valence-electron chi connectivity index (χ4n) is 2.44. The third-order valence-electron chi connectivity index (χ3n) is 2.98. The van der Waals surface area contributed by atoms with Crippen LogP contribution in [0, 0.1) is 17.2 Å². The van der Waals surface area contributed by atoms with Crippen LogP contribution in [0.5, 0.6) is 0 Å². The van der Waals surface area contributed by atoms with Gasteiger partial charge in [0.2, 0.25) is 5.91 Å². The van der Waals surface area contributed by atoms with Crippen LogP contribution in [0.3, 0.4) is 0 Å². The van der Waals surface area contributed by atoms with Gasteiger partial charge in [0, 0.05) is 6.42 Å². The lowest BCUT2D eigenvalue weighted by Gasteiger charge is -2.22. The highest BCUT2D eigenvalue weighted by atomic mass is 19.1. The quantitative estimate of drug-likeness (QED) is 0.865. The summed E-state index contributed by atoms with van der Waals surface area (Å²) in [4.78, 5) is 23.0. The van der Waals surface area contributed by atoms with Crippen LogP contribution in [0.25, 0.3) is 0 Å². The first-order chi connectivity index (χ1) is 9.58. The topological polar surface area (TPSA) is 66.4 Å². The van der Waals surface area contributed by atoms with Crippen molar-refractivity contribution in [3.63, 3.8) is 0 Å². The van der Waals surface area contributed by atoms with Gasteiger partial charge in [-0.05, 0) is 36.0 Å². The van der Waals surface area contributed by atoms with Crippen molar-refractivity contribution in [2.45, 2.75) is 40.5 Å². The van der Waals surface area contributed by atoms with E-state index in [4.69, 9.17) is 5.11 Å². The average molecular weight is 295 g/mol. The van der Waals surface area contributed by atoms with Crippen molar-refractivity contribution >= 4 is 17.6 Å². The first kappa shape index (κ1) is 17.1. The van der Waals surface area contributed by atoms with Crippen molar-refractivity contribution in [3.05, 3.63) is 29.6 Å². The minimum atomic E-state index is -1.20. The van der Waals surface area contributed by atoms with Gasteiger partial charge >= 0.3 is 5.97 Å². The maximum absolute atomic E-state index is 13.2. The third kappa shape index (κ3) is 5.94. The first-order valence-electron chi connectivity index (χ1n) is 6.91. The molecule has 0 aromatic heterocycles. The number of halogens is 1. The van der Waals surface area contributed by atoms with E-state index in [2.05, 4.69) is 26.1 Å². The largest absolute Gasteiger partial charge is 0.478 e. The summed E-state index contributed by atoms with van der Waals surface area (Å²) in [6, 6.07) is 3.23. The van der Waals surface area contributed by atoms with Gasteiger partial charge in [-0.2, -0.15) is 0 Å². The summed E-state index contributed by atoms with van der Waals surface area (Å²) >= 11 is 0. The van der Waals surface area contributed by atoms with E-state index in [1.807, 2.05) is 6.92 Å². The van der Waals surface area contributed by atoms with Gasteiger partial charge in [-0.15, -0.1) is 0 Å². The van der Waals surface area contributed by atoms with Gasteiger partial charge in [0.05, 0.1) is 11.3 Å². The average Bonchev–Trinajstić information content (AvgIpc) is 2.24. The number of hydrogen-bond donors (Lipinski definition) is 2. The van der Waals surface area contributed by atoms with Crippen LogP contribution in [0.1, 0.15) is 50.9 Å². The number of carboxylic acids is 1. The number of anilines is 1. The first-order valence-corrected chi connectivity index (χ1v) is 6.91. The molecule has 2 N–H and O–H groups in total. The predicted octanol–water partition coefficient (Wildman–Crippen LogP) is 3.92. The lowest BCUT2D eigenvalue weighted by molar-refractivity contribution is -0.117. The highest BCUT2D eigenvalue weighted by Gasteiger charge is 2.19. The SMILES string of the molecule is CC(CC(=O)Nc1cc(F)ccc1C(=O)O)CC(C)(C)C. The van der Waals surface area contributed by atoms with Crippen LogP contribution in [-0.4, -0.2) is 17.0 Å². The van der Waals surface area contributed by atoms with Crippen molar-refractivity contribution in [2.24, 2.45) is 11.3 Å². The molecule has 0 aliphatic heterocycles. The standard InChI is InChI=1S/C16H22FNO3/c1-10(9-16(2,3)4)7-14(19)18-13-8-11(17)5-6-12(13)15(20)21/h5-6,8,10H,7,9H2,1-4H3,(H,18,19)(H,20,21). The van der Waals surface area contributed by atoms with Crippen LogP contribution in [0.15, 0.2) is 18.2 Å². The Kier molecular flexibility index (Phi) is 5.47. The summed E-state index contributed by atoms with van der Waals surface area (Å²) in [6.07, 6.45) is 1.14. The Labute approximate surface area is 124 Å². The van der Waals surface area contributed by atoms with E-state index in [9.17, 15) is 14.0 Å². The maximum atomic E-state index is 13.2. The highest BCUT2D eigenvalue weighted by Crippen LogP contribution is 2.26. The number of aromatic carboxylic acids is 1. The number of nitrogens with one attached hydrogen (secondary N) is 1. The molecule has 116 valence electrons. The van der Waals surface area contributed by atoms with Crippen molar-refractivity contribution in [1.29, 1.82) is 0 Å². The molecule has 1 atom stereocenters. The van der Waals surface area contributed by atoms with Crippen LogP contribution in [-0.2, 0) is 4.79 Å². The highest BCUT2D eigenvalue weighted by molar-refractivity contribution is 6.00. The van der Waals surface area contributed by atoms with E-state index >= 15 is 0 Å². The zero-order valence-corrected chi connectivity index (χ0v) is 12.9. The zero-order valence-electron chi connectivity index (χ0n) is 12.9. The van der Waals surface area contributed by atoms with E-state index in [0.717, 1.165) is 24.6 Å². The van der Waals surface area contributed by atoms with Gasteiger partial charge in [0.25, 0.3) is 0 Å². The molecule has 0 heterocycles. The van der Waals surface area contributed by atoms with Crippen molar-refractivity contribution in [2.75, 3.05) is 5.32 Å². The van der Waals surface area contributed by atoms with Gasteiger partial charge in [-0.25, -0.2) is 9.18 Å². The van der Waals surface area contributed by atoms with Gasteiger partial charge < -0.3 is 10.4 Å². The molecule has 0 spiro atoms. The molecular formula is C16H22FNO3. The van der Waals surface area contributed by atoms with Crippen molar-refractivity contribution < 1.29 is 19.1 Å². The van der Waals surface area contributed by atoms with Gasteiger partial charge in [0.15, 0.2) is 0 Å². The number of carboxylic acid groups (broad SMARTS) is 1. The lowest BCUT2D eigenvalue weighted by atomic mass is 9.84. The molecule has 4 nitrogen and oxygen atoms in total. The fourth-order valence-corrected chi connectivity index (χ4v) is 2.44. The van der Waals surface area contributed by atoms with Gasteiger partial charge in [-0.3, -0.25) is 4.79 Å². The fraction of sp³-hybridized carbons (Fsp3) is 0.500. The second kappa shape index (κ2) is 6.70. The minimum absolute atomic E-state index is 0.00420. The Morgan fingerprint density at radius 3 is 2.48 bits per heavy atom. The smallest absolute Gasteiger partial charge is 0.337 e. The molecule has 0 radical (unpaired) electrons. The van der Waals surface area contributed by atoms with Crippen LogP contribution >= 0.6 is 0 Å². The maximum Gasteiger partial charge on any atom is 0.337 e. The molecule has 0 bridgehead atoms. The summed E-state index contributed by atoms with van der Waals surface area (Å²) in [5.74, 6) is -1.93. The Bertz CT molecular complexity index is 535. The van der Waals surface area contributed by atoms with E-state index in [0.29, 0.717) is 0 Å². The molecule has 5 heteroatoms. The van der Waals surface area contributed by atoms with Crippen LogP contribution in [0.2, 0.25) is 0 Å². The normalized spacial score (nSPS) is 12.8. The second-order valence-corrected chi connectivity index (χ2v) is 6.62. The third-order valence-corrected chi connectivity index (χ3v) is 2.98. The predicted molar refractivity (Wildman–Crippen MR) is 79.8 cm³/mol. The molecular weight excluding hydrogens is 273 g/mol. The lowest BCUT2D eigenvalue weighted by Crippen LogP contribution is -2.20. The molecule has 21 heavy (non-hydrogen) atoms. The molecule has 1 aromatic rings. The number of benzene rings is 1. The summed E-state index contributed by atoms with van der Waals surface area (Å²) < 4.78 is 13.2. The van der Waals surface area contributed by atoms with E-state index in [-0.39, 0.29) is 34.9 Å². The van der Waals surface area contributed by atoms with Gasteiger partial charge in [-0.1, -0.05) is 27.7 Å². The Balaban J connectivity index is 2.75. The minimum Gasteiger partial charge on any atom is -0.478 e. The van der Waals surface area contributed by atoms with Crippen molar-refractivity contribution in [1.82, 2.24) is 0 Å². The second-order valence-electron chi connectivity index (χ2n) is 6.62. The Hall–Kier alpha value is -1.91. The molecule has 1 aromatic carbocycles. The number of hydrogen-bond acceptors (Lipinski definition) is 2. The molecule has 1 unspecified atom stereocenters. The van der Waals surface area contributed by atoms with E-state index in [1.165, 1.54) is 0 Å². The monoisotopic (exact) mass is 295 g/mol. The van der Waals surface area contributed by atoms with Gasteiger partial charge in [0.1, 0.15) is 5.82 Å². The molecule has 0 saturated carbocycles. The summed E-state index contributed by atoms with van der Waals surface area (Å²) in [5, 5.41) is 11.5. The molecule has 1 rings (SSSR count). The molecule has 1 amide bonds. The van der Waals surface area contributed by atoms with Crippen LogP contribution < -0.4 is 5.32 Å². The molecule has 0 saturated heterocycles. The van der Waals surface area contributed by atoms with E-state index in [1.54, 1.807) is 0 Å². The summed E-state index contributed by atoms with van der Waals surface area (Å²) in [6.45, 7) is 8.25. The Morgan fingerprint density at radius 1 is 1.33 bits per heavy atom. The molecule has 0 fully saturated rings. The zero-order chi connectivity index (χ0) is 16.2. The van der Waals surface area contributed by atoms with E-state index < -0.39 is 11.8 Å². The molecule has 0 aliphatic carbocycles. The Morgan fingerprint density at radius 2 is 1.95 bits per heavy atom. The summed E-state index contributed by atoms with van der Waals surface area (Å²) in [5.41, 5.74) is -0.00574. The number of carbonyl (C=O) groups is 2. The molecule has 0 aliphatic rings. The van der Waals surface area contributed by atoms with Crippen molar-refractivity contribution in [3.8, 4) is 0 Å². The number of rotatable bonds is 5.